The van der Waals surface area contributed by atoms with Crippen LogP contribution in [0.1, 0.15) is 19.4 Å². The third-order valence-electron chi connectivity index (χ3n) is 5.69. The maximum absolute atomic E-state index is 13.2. The Morgan fingerprint density at radius 1 is 1.09 bits per heavy atom. The fourth-order valence-corrected chi connectivity index (χ4v) is 6.06. The van der Waals surface area contributed by atoms with Crippen LogP contribution in [-0.4, -0.2) is 40.7 Å². The van der Waals surface area contributed by atoms with Gasteiger partial charge in [0.15, 0.2) is 0 Å². The number of piperazine rings is 1. The highest BCUT2D eigenvalue weighted by Gasteiger charge is 2.23. The van der Waals surface area contributed by atoms with Crippen LogP contribution < -0.4 is 19.7 Å². The predicted octanol–water partition coefficient (Wildman–Crippen LogP) is 4.72. The van der Waals surface area contributed by atoms with E-state index >= 15 is 0 Å². The van der Waals surface area contributed by atoms with E-state index in [-0.39, 0.29) is 4.90 Å². The van der Waals surface area contributed by atoms with Crippen molar-refractivity contribution in [3.05, 3.63) is 58.8 Å². The molecule has 0 radical (unpaired) electrons. The van der Waals surface area contributed by atoms with Gasteiger partial charge in [-0.25, -0.2) is 8.42 Å². The first-order valence-electron chi connectivity index (χ1n) is 10.6. The average molecular weight is 472 g/mol. The second-order valence-corrected chi connectivity index (χ2v) is 10.8. The molecule has 2 heterocycles. The summed E-state index contributed by atoms with van der Waals surface area (Å²) in [5.41, 5.74) is 4.44. The molecule has 0 aliphatic carbocycles. The zero-order valence-corrected chi connectivity index (χ0v) is 20.4. The Balaban J connectivity index is 1.63. The van der Waals surface area contributed by atoms with Gasteiger partial charge in [0.2, 0.25) is 0 Å². The first kappa shape index (κ1) is 22.6. The summed E-state index contributed by atoms with van der Waals surface area (Å²) in [5, 5.41) is 7.59. The van der Waals surface area contributed by atoms with E-state index in [2.05, 4.69) is 34.2 Å². The second kappa shape index (κ2) is 9.13. The Kier molecular flexibility index (Phi) is 6.46. The number of methoxy groups -OCH3 is 1. The van der Waals surface area contributed by atoms with Gasteiger partial charge in [-0.1, -0.05) is 6.07 Å². The molecule has 2 N–H and O–H groups in total. The fourth-order valence-electron chi connectivity index (χ4n) is 4.26. The number of hydrogen-bond donors (Lipinski definition) is 2. The molecule has 8 heteroatoms. The van der Waals surface area contributed by atoms with Crippen molar-refractivity contribution in [3.8, 4) is 16.9 Å². The molecule has 1 aromatic heterocycles. The van der Waals surface area contributed by atoms with Crippen molar-refractivity contribution in [1.82, 2.24) is 5.32 Å². The maximum Gasteiger partial charge on any atom is 0.262 e. The highest BCUT2D eigenvalue weighted by molar-refractivity contribution is 7.92. The molecule has 2 atom stereocenters. The van der Waals surface area contributed by atoms with Gasteiger partial charge in [0.25, 0.3) is 10.0 Å². The Bertz CT molecular complexity index is 1180. The lowest BCUT2D eigenvalue weighted by molar-refractivity contribution is 0.406. The van der Waals surface area contributed by atoms with Gasteiger partial charge in [-0.05, 0) is 84.6 Å². The van der Waals surface area contributed by atoms with Crippen molar-refractivity contribution in [2.45, 2.75) is 37.8 Å². The number of ether oxygens (including phenoxy) is 1. The van der Waals surface area contributed by atoms with Gasteiger partial charge < -0.3 is 15.0 Å². The second-order valence-electron chi connectivity index (χ2n) is 8.35. The van der Waals surface area contributed by atoms with Crippen LogP contribution in [-0.2, 0) is 10.0 Å². The number of hydrogen-bond acceptors (Lipinski definition) is 6. The Morgan fingerprint density at radius 2 is 1.84 bits per heavy atom. The number of nitrogens with one attached hydrogen (secondary N) is 2. The first-order valence-corrected chi connectivity index (χ1v) is 13.0. The van der Waals surface area contributed by atoms with Crippen LogP contribution in [0.5, 0.6) is 5.75 Å². The summed E-state index contributed by atoms with van der Waals surface area (Å²) in [4.78, 5) is 2.49. The van der Waals surface area contributed by atoms with E-state index in [4.69, 9.17) is 4.74 Å². The topological polar surface area (TPSA) is 70.7 Å². The van der Waals surface area contributed by atoms with Crippen LogP contribution in [0.3, 0.4) is 0 Å². The largest absolute Gasteiger partial charge is 0.495 e. The molecular formula is C24H29N3O3S2. The molecule has 6 nitrogen and oxygen atoms in total. The highest BCUT2D eigenvalue weighted by atomic mass is 32.2. The molecule has 170 valence electrons. The summed E-state index contributed by atoms with van der Waals surface area (Å²) < 4.78 is 34.6. The molecule has 3 aromatic rings. The van der Waals surface area contributed by atoms with Crippen molar-refractivity contribution < 1.29 is 13.2 Å². The van der Waals surface area contributed by atoms with Crippen molar-refractivity contribution in [2.75, 3.05) is 29.8 Å². The third kappa shape index (κ3) is 4.77. The zero-order chi connectivity index (χ0) is 22.9. The van der Waals surface area contributed by atoms with E-state index in [0.29, 0.717) is 23.5 Å². The van der Waals surface area contributed by atoms with Gasteiger partial charge in [0.1, 0.15) is 5.75 Å². The molecule has 1 saturated heterocycles. The zero-order valence-electron chi connectivity index (χ0n) is 18.8. The van der Waals surface area contributed by atoms with Crippen molar-refractivity contribution in [2.24, 2.45) is 0 Å². The van der Waals surface area contributed by atoms with Crippen LogP contribution in [0.25, 0.3) is 11.1 Å². The van der Waals surface area contributed by atoms with Gasteiger partial charge in [0, 0.05) is 30.9 Å². The SMILES string of the molecule is COc1ccc(N2C[C@@H](C)N[C@@H](C)C2)cc1NS(=O)(=O)c1ccc(-c2ccsc2)c(C)c1. The number of anilines is 2. The number of nitrogens with zero attached hydrogens (tertiary/aromatic N) is 1. The fraction of sp³-hybridized carbons (Fsp3) is 0.333. The van der Waals surface area contributed by atoms with Crippen molar-refractivity contribution in [1.29, 1.82) is 0 Å². The molecule has 32 heavy (non-hydrogen) atoms. The van der Waals surface area contributed by atoms with E-state index in [1.165, 1.54) is 0 Å². The Hall–Kier alpha value is -2.55. The molecule has 1 aliphatic heterocycles. The third-order valence-corrected chi connectivity index (χ3v) is 7.74. The number of sulfonamides is 1. The molecule has 0 saturated carbocycles. The molecule has 0 amide bonds. The monoisotopic (exact) mass is 471 g/mol. The summed E-state index contributed by atoms with van der Waals surface area (Å²) >= 11 is 1.62. The summed E-state index contributed by atoms with van der Waals surface area (Å²) in [6, 6.07) is 13.6. The van der Waals surface area contributed by atoms with E-state index < -0.39 is 10.0 Å². The molecule has 4 rings (SSSR count). The minimum Gasteiger partial charge on any atom is -0.495 e. The van der Waals surface area contributed by atoms with Crippen LogP contribution in [0.2, 0.25) is 0 Å². The quantitative estimate of drug-likeness (QED) is 0.544. The summed E-state index contributed by atoms with van der Waals surface area (Å²) in [5.74, 6) is 0.486. The van der Waals surface area contributed by atoms with Crippen molar-refractivity contribution >= 4 is 32.7 Å². The number of aryl methyl sites for hydroxylation is 1. The lowest BCUT2D eigenvalue weighted by atomic mass is 10.0. The first-order chi connectivity index (χ1) is 15.3. The summed E-state index contributed by atoms with van der Waals surface area (Å²) in [6.45, 7) is 7.94. The lowest BCUT2D eigenvalue weighted by Gasteiger charge is -2.38. The van der Waals surface area contributed by atoms with E-state index in [1.54, 1.807) is 30.6 Å². The number of benzene rings is 2. The van der Waals surface area contributed by atoms with Crippen LogP contribution >= 0.6 is 11.3 Å². The lowest BCUT2D eigenvalue weighted by Crippen LogP contribution is -2.54. The van der Waals surface area contributed by atoms with Gasteiger partial charge in [-0.2, -0.15) is 11.3 Å². The molecule has 1 fully saturated rings. The summed E-state index contributed by atoms with van der Waals surface area (Å²) in [7, 11) is -2.24. The maximum atomic E-state index is 13.2. The molecule has 0 unspecified atom stereocenters. The Morgan fingerprint density at radius 3 is 2.47 bits per heavy atom. The van der Waals surface area contributed by atoms with Crippen LogP contribution in [0.15, 0.2) is 58.1 Å². The average Bonchev–Trinajstić information content (AvgIpc) is 3.27. The number of rotatable bonds is 6. The van der Waals surface area contributed by atoms with E-state index in [1.807, 2.05) is 42.6 Å². The van der Waals surface area contributed by atoms with Gasteiger partial charge in [0.05, 0.1) is 17.7 Å². The van der Waals surface area contributed by atoms with E-state index in [9.17, 15) is 8.42 Å². The summed E-state index contributed by atoms with van der Waals surface area (Å²) in [6.07, 6.45) is 0. The molecule has 0 spiro atoms. The van der Waals surface area contributed by atoms with Crippen LogP contribution in [0.4, 0.5) is 11.4 Å². The molecule has 0 bridgehead atoms. The van der Waals surface area contributed by atoms with Crippen molar-refractivity contribution in [3.63, 3.8) is 0 Å². The van der Waals surface area contributed by atoms with Crippen LogP contribution in [0, 0.1) is 6.92 Å². The van der Waals surface area contributed by atoms with Gasteiger partial charge in [-0.3, -0.25) is 4.72 Å². The minimum absolute atomic E-state index is 0.228. The van der Waals surface area contributed by atoms with E-state index in [0.717, 1.165) is 35.5 Å². The van der Waals surface area contributed by atoms with Gasteiger partial charge >= 0.3 is 0 Å². The highest BCUT2D eigenvalue weighted by Crippen LogP contribution is 2.33. The number of thiophene rings is 1. The molecular weight excluding hydrogens is 442 g/mol. The van der Waals surface area contributed by atoms with Gasteiger partial charge in [-0.15, -0.1) is 0 Å². The predicted molar refractivity (Wildman–Crippen MR) is 133 cm³/mol. The standard InChI is InChI=1S/C24H29N3O3S2/c1-16-11-21(6-7-22(16)19-9-10-31-15-19)32(28,29)26-23-12-20(5-8-24(23)30-4)27-13-17(2)25-18(3)14-27/h5-12,15,17-18,25-26H,13-14H2,1-4H3/t17-,18+. The molecule has 2 aromatic carbocycles. The normalized spacial score (nSPS) is 19.1. The molecule has 1 aliphatic rings. The smallest absolute Gasteiger partial charge is 0.262 e. The Labute approximate surface area is 194 Å². The minimum atomic E-state index is -3.78.